The summed E-state index contributed by atoms with van der Waals surface area (Å²) in [5.74, 6) is 0. The van der Waals surface area contributed by atoms with Crippen LogP contribution in [-0.2, 0) is 5.54 Å². The lowest BCUT2D eigenvalue weighted by Crippen LogP contribution is -2.43. The summed E-state index contributed by atoms with van der Waals surface area (Å²) in [6.45, 7) is 0. The molecule has 2 N–H and O–H groups in total. The molecule has 0 spiro atoms. The molecule has 72 valence electrons. The second-order valence-corrected chi connectivity index (χ2v) is 4.43. The molecule has 1 aliphatic rings. The molecule has 0 saturated heterocycles. The Morgan fingerprint density at radius 3 is 2.08 bits per heavy atom. The van der Waals surface area contributed by atoms with Crippen molar-refractivity contribution in [2.45, 2.75) is 24.8 Å². The molecule has 0 unspecified atom stereocenters. The summed E-state index contributed by atoms with van der Waals surface area (Å²) in [4.78, 5) is 0. The Kier molecular flexibility index (Phi) is 3.55. The van der Waals surface area contributed by atoms with Crippen molar-refractivity contribution in [3.63, 3.8) is 0 Å². The first-order valence-electron chi connectivity index (χ1n) is 4.26. The third-order valence-corrected chi connectivity index (χ3v) is 3.19. The van der Waals surface area contributed by atoms with Crippen LogP contribution in [0.5, 0.6) is 0 Å². The monoisotopic (exact) mass is 305 g/mol. The van der Waals surface area contributed by atoms with Gasteiger partial charge < -0.3 is 5.73 Å². The summed E-state index contributed by atoms with van der Waals surface area (Å²) in [6, 6.07) is 8.34. The van der Waals surface area contributed by atoms with E-state index in [2.05, 4.69) is 40.2 Å². The molecular formula is C10H13Br2N. The lowest BCUT2D eigenvalue weighted by Gasteiger charge is -2.38. The van der Waals surface area contributed by atoms with Crippen LogP contribution in [0.1, 0.15) is 24.8 Å². The molecule has 0 aliphatic heterocycles. The zero-order valence-electron chi connectivity index (χ0n) is 7.29. The Labute approximate surface area is 97.6 Å². The van der Waals surface area contributed by atoms with E-state index >= 15 is 0 Å². The van der Waals surface area contributed by atoms with Crippen molar-refractivity contribution in [2.75, 3.05) is 0 Å². The van der Waals surface area contributed by atoms with Gasteiger partial charge in [0, 0.05) is 10.0 Å². The number of benzene rings is 1. The largest absolute Gasteiger partial charge is 0.321 e. The predicted molar refractivity (Wildman–Crippen MR) is 64.2 cm³/mol. The van der Waals surface area contributed by atoms with Gasteiger partial charge in [0.1, 0.15) is 0 Å². The summed E-state index contributed by atoms with van der Waals surface area (Å²) in [5, 5.41) is 0. The van der Waals surface area contributed by atoms with Crippen LogP contribution < -0.4 is 5.73 Å². The maximum absolute atomic E-state index is 6.16. The normalized spacial score (nSPS) is 18.6. The summed E-state index contributed by atoms with van der Waals surface area (Å²) in [6.07, 6.45) is 3.54. The Morgan fingerprint density at radius 2 is 1.69 bits per heavy atom. The van der Waals surface area contributed by atoms with Crippen LogP contribution >= 0.6 is 32.9 Å². The smallest absolute Gasteiger partial charge is 0.0409 e. The van der Waals surface area contributed by atoms with Crippen molar-refractivity contribution in [2.24, 2.45) is 5.73 Å². The van der Waals surface area contributed by atoms with E-state index in [0.717, 1.165) is 17.3 Å². The van der Waals surface area contributed by atoms with E-state index in [1.807, 2.05) is 0 Å². The minimum atomic E-state index is -0.0132. The van der Waals surface area contributed by atoms with E-state index in [1.54, 1.807) is 0 Å². The van der Waals surface area contributed by atoms with Crippen molar-refractivity contribution in [1.29, 1.82) is 0 Å². The number of nitrogens with two attached hydrogens (primary N) is 1. The number of hydrogen-bond acceptors (Lipinski definition) is 1. The third-order valence-electron chi connectivity index (χ3n) is 2.66. The fourth-order valence-electron chi connectivity index (χ4n) is 1.63. The highest BCUT2D eigenvalue weighted by Crippen LogP contribution is 2.38. The number of rotatable bonds is 1. The van der Waals surface area contributed by atoms with Crippen LogP contribution in [0.3, 0.4) is 0 Å². The van der Waals surface area contributed by atoms with Crippen LogP contribution in [0.4, 0.5) is 0 Å². The van der Waals surface area contributed by atoms with Crippen molar-refractivity contribution in [3.05, 3.63) is 34.3 Å². The van der Waals surface area contributed by atoms with Crippen LogP contribution in [0.25, 0.3) is 0 Å². The fourth-order valence-corrected chi connectivity index (χ4v) is 1.89. The highest BCUT2D eigenvalue weighted by Gasteiger charge is 2.33. The Hall–Kier alpha value is 0.140. The van der Waals surface area contributed by atoms with Gasteiger partial charge in [-0.15, -0.1) is 17.0 Å². The van der Waals surface area contributed by atoms with Crippen LogP contribution in [0.2, 0.25) is 0 Å². The first kappa shape index (κ1) is 11.2. The lowest BCUT2D eigenvalue weighted by atomic mass is 9.73. The molecule has 3 heteroatoms. The first-order valence-corrected chi connectivity index (χ1v) is 5.05. The SMILES string of the molecule is Br.NC1(c2ccc(Br)cc2)CCC1. The van der Waals surface area contributed by atoms with Gasteiger partial charge in [-0.05, 0) is 37.0 Å². The molecule has 0 bridgehead atoms. The van der Waals surface area contributed by atoms with Crippen molar-refractivity contribution in [3.8, 4) is 0 Å². The van der Waals surface area contributed by atoms with E-state index < -0.39 is 0 Å². The molecule has 1 fully saturated rings. The number of hydrogen-bond donors (Lipinski definition) is 1. The van der Waals surface area contributed by atoms with Crippen molar-refractivity contribution in [1.82, 2.24) is 0 Å². The van der Waals surface area contributed by atoms with Gasteiger partial charge in [0.25, 0.3) is 0 Å². The minimum absolute atomic E-state index is 0. The van der Waals surface area contributed by atoms with Crippen LogP contribution in [-0.4, -0.2) is 0 Å². The molecule has 13 heavy (non-hydrogen) atoms. The Bertz CT molecular complexity index is 277. The second kappa shape index (κ2) is 4.11. The average Bonchev–Trinajstić information content (AvgIpc) is 2.02. The maximum Gasteiger partial charge on any atom is 0.0409 e. The quantitative estimate of drug-likeness (QED) is 0.846. The topological polar surface area (TPSA) is 26.0 Å². The van der Waals surface area contributed by atoms with Gasteiger partial charge >= 0.3 is 0 Å². The first-order chi connectivity index (χ1) is 5.71. The van der Waals surface area contributed by atoms with Gasteiger partial charge in [-0.25, -0.2) is 0 Å². The van der Waals surface area contributed by atoms with Crippen molar-refractivity contribution >= 4 is 32.9 Å². The van der Waals surface area contributed by atoms with E-state index in [0.29, 0.717) is 0 Å². The van der Waals surface area contributed by atoms with E-state index in [4.69, 9.17) is 5.73 Å². The van der Waals surface area contributed by atoms with Gasteiger partial charge in [0.15, 0.2) is 0 Å². The van der Waals surface area contributed by atoms with Crippen molar-refractivity contribution < 1.29 is 0 Å². The highest BCUT2D eigenvalue weighted by molar-refractivity contribution is 9.10. The average molecular weight is 307 g/mol. The molecule has 0 atom stereocenters. The highest BCUT2D eigenvalue weighted by atomic mass is 79.9. The molecular weight excluding hydrogens is 294 g/mol. The molecule has 2 rings (SSSR count). The molecule has 0 radical (unpaired) electrons. The minimum Gasteiger partial charge on any atom is -0.321 e. The van der Waals surface area contributed by atoms with Crippen LogP contribution in [0, 0.1) is 0 Å². The van der Waals surface area contributed by atoms with Gasteiger partial charge in [0.05, 0.1) is 0 Å². The van der Waals surface area contributed by atoms with E-state index in [1.165, 1.54) is 12.0 Å². The molecule has 1 nitrogen and oxygen atoms in total. The molecule has 1 aliphatic carbocycles. The molecule has 1 aromatic rings. The summed E-state index contributed by atoms with van der Waals surface area (Å²) < 4.78 is 1.12. The summed E-state index contributed by atoms with van der Waals surface area (Å²) >= 11 is 3.41. The maximum atomic E-state index is 6.16. The van der Waals surface area contributed by atoms with Gasteiger partial charge in [-0.2, -0.15) is 0 Å². The zero-order chi connectivity index (χ0) is 8.60. The van der Waals surface area contributed by atoms with Gasteiger partial charge in [-0.1, -0.05) is 28.1 Å². The predicted octanol–water partition coefficient (Wildman–Crippen LogP) is 3.36. The molecule has 0 amide bonds. The van der Waals surface area contributed by atoms with Crippen LogP contribution in [0.15, 0.2) is 28.7 Å². The summed E-state index contributed by atoms with van der Waals surface area (Å²) in [5.41, 5.74) is 7.42. The number of halogens is 2. The Morgan fingerprint density at radius 1 is 1.15 bits per heavy atom. The Balaban J connectivity index is 0.000000845. The third kappa shape index (κ3) is 2.14. The fraction of sp³-hybridized carbons (Fsp3) is 0.400. The molecule has 1 saturated carbocycles. The summed E-state index contributed by atoms with van der Waals surface area (Å²) in [7, 11) is 0. The van der Waals surface area contributed by atoms with Gasteiger partial charge in [0.2, 0.25) is 0 Å². The molecule has 0 heterocycles. The standard InChI is InChI=1S/C10H12BrN.BrH/c11-9-4-2-8(3-5-9)10(12)6-1-7-10;/h2-5H,1,6-7,12H2;1H. The molecule has 0 aromatic heterocycles. The second-order valence-electron chi connectivity index (χ2n) is 3.52. The van der Waals surface area contributed by atoms with Gasteiger partial charge in [-0.3, -0.25) is 0 Å². The molecule has 1 aromatic carbocycles. The van der Waals surface area contributed by atoms with E-state index in [-0.39, 0.29) is 22.5 Å². The van der Waals surface area contributed by atoms with E-state index in [9.17, 15) is 0 Å². The lowest BCUT2D eigenvalue weighted by molar-refractivity contribution is 0.253. The zero-order valence-corrected chi connectivity index (χ0v) is 10.6.